The Balaban J connectivity index is 2.72. The Morgan fingerprint density at radius 3 is 2.67 bits per heavy atom. The molecule has 0 N–H and O–H groups in total. The molecule has 0 aliphatic rings. The van der Waals surface area contributed by atoms with E-state index >= 15 is 0 Å². The molecule has 0 heteroatoms. The molecule has 0 bridgehead atoms. The lowest BCUT2D eigenvalue weighted by molar-refractivity contribution is 0.983. The fraction of sp³-hybridized carbons (Fsp3) is 0.333. The Hall–Kier alpha value is -0.780. The van der Waals surface area contributed by atoms with Gasteiger partial charge in [-0.15, -0.1) is 0 Å². The van der Waals surface area contributed by atoms with E-state index in [4.69, 9.17) is 0 Å². The zero-order valence-electron chi connectivity index (χ0n) is 7.93. The van der Waals surface area contributed by atoms with Crippen molar-refractivity contribution in [3.05, 3.63) is 48.2 Å². The second-order valence-corrected chi connectivity index (χ2v) is 3.21. The van der Waals surface area contributed by atoms with E-state index in [1.54, 1.807) is 0 Å². The summed E-state index contributed by atoms with van der Waals surface area (Å²) in [4.78, 5) is 0. The van der Waals surface area contributed by atoms with E-state index in [1.165, 1.54) is 16.7 Å². The topological polar surface area (TPSA) is 0 Å². The van der Waals surface area contributed by atoms with Crippen molar-refractivity contribution in [2.24, 2.45) is 0 Å². The molecule has 0 aliphatic heterocycles. The van der Waals surface area contributed by atoms with E-state index in [1.807, 2.05) is 0 Å². The number of unbranched alkanes of at least 4 members (excludes halogenated alkanes) is 1. The van der Waals surface area contributed by atoms with Crippen molar-refractivity contribution in [2.45, 2.75) is 26.7 Å². The molecule has 1 rings (SSSR count). The van der Waals surface area contributed by atoms with Crippen LogP contribution in [0, 0.1) is 27.2 Å². The molecular weight excluding hydrogens is 144 g/mol. The number of hydrogen-bond donors (Lipinski definition) is 0. The van der Waals surface area contributed by atoms with Crippen LogP contribution in [0.15, 0.2) is 18.2 Å². The molecule has 0 nitrogen and oxygen atoms in total. The summed E-state index contributed by atoms with van der Waals surface area (Å²) >= 11 is 0. The van der Waals surface area contributed by atoms with Crippen molar-refractivity contribution in [3.63, 3.8) is 0 Å². The molecule has 0 saturated carbocycles. The van der Waals surface area contributed by atoms with E-state index in [0.29, 0.717) is 0 Å². The first kappa shape index (κ1) is 9.31. The largest absolute Gasteiger partial charge is 0.0590 e. The molecule has 0 saturated heterocycles. The summed E-state index contributed by atoms with van der Waals surface area (Å²) in [6.45, 7) is 8.09. The highest BCUT2D eigenvalue weighted by molar-refractivity contribution is 5.35. The van der Waals surface area contributed by atoms with Crippen LogP contribution in [0.2, 0.25) is 0 Å². The summed E-state index contributed by atoms with van der Waals surface area (Å²) < 4.78 is 0. The Morgan fingerprint density at radius 1 is 1.33 bits per heavy atom. The van der Waals surface area contributed by atoms with Crippen molar-refractivity contribution in [1.29, 1.82) is 0 Å². The van der Waals surface area contributed by atoms with Gasteiger partial charge in [-0.3, -0.25) is 0 Å². The zero-order chi connectivity index (χ0) is 8.97. The van der Waals surface area contributed by atoms with Gasteiger partial charge in [0, 0.05) is 0 Å². The molecular formula is C12H16. The number of benzene rings is 1. The molecule has 0 heterocycles. The highest BCUT2D eigenvalue weighted by atomic mass is 14.0. The molecule has 0 aromatic heterocycles. The minimum absolute atomic E-state index is 0.979. The molecule has 0 fully saturated rings. The average molecular weight is 160 g/mol. The third-order valence-electron chi connectivity index (χ3n) is 1.99. The fourth-order valence-electron chi connectivity index (χ4n) is 1.31. The van der Waals surface area contributed by atoms with Crippen LogP contribution in [-0.2, 0) is 0 Å². The molecule has 0 aliphatic carbocycles. The summed E-state index contributed by atoms with van der Waals surface area (Å²) in [5.41, 5.74) is 4.05. The van der Waals surface area contributed by atoms with Crippen molar-refractivity contribution in [1.82, 2.24) is 0 Å². The molecule has 0 unspecified atom stereocenters. The SMILES string of the molecule is [CH2]CC[CH]c1ccc(C)cc1C. The third kappa shape index (κ3) is 2.37. The summed E-state index contributed by atoms with van der Waals surface area (Å²) in [5.74, 6) is 0. The van der Waals surface area contributed by atoms with E-state index in [2.05, 4.69) is 45.4 Å². The summed E-state index contributed by atoms with van der Waals surface area (Å²) in [6, 6.07) is 6.55. The highest BCUT2D eigenvalue weighted by Gasteiger charge is 1.97. The van der Waals surface area contributed by atoms with Gasteiger partial charge in [0.15, 0.2) is 0 Å². The fourth-order valence-corrected chi connectivity index (χ4v) is 1.31. The minimum Gasteiger partial charge on any atom is -0.0590 e. The first-order valence-electron chi connectivity index (χ1n) is 4.43. The maximum Gasteiger partial charge on any atom is -0.00904 e. The van der Waals surface area contributed by atoms with E-state index < -0.39 is 0 Å². The van der Waals surface area contributed by atoms with Crippen LogP contribution in [0.25, 0.3) is 0 Å². The van der Waals surface area contributed by atoms with Gasteiger partial charge in [-0.2, -0.15) is 0 Å². The van der Waals surface area contributed by atoms with Crippen LogP contribution in [0.4, 0.5) is 0 Å². The lowest BCUT2D eigenvalue weighted by atomic mass is 10.0. The molecule has 12 heavy (non-hydrogen) atoms. The van der Waals surface area contributed by atoms with Gasteiger partial charge in [0.1, 0.15) is 0 Å². The predicted molar refractivity (Wildman–Crippen MR) is 53.9 cm³/mol. The summed E-state index contributed by atoms with van der Waals surface area (Å²) in [7, 11) is 0. The van der Waals surface area contributed by atoms with Gasteiger partial charge < -0.3 is 0 Å². The van der Waals surface area contributed by atoms with E-state index in [9.17, 15) is 0 Å². The molecule has 1 aromatic rings. The normalized spacial score (nSPS) is 10.2. The van der Waals surface area contributed by atoms with Gasteiger partial charge in [-0.1, -0.05) is 37.1 Å². The maximum absolute atomic E-state index is 3.82. The van der Waals surface area contributed by atoms with Crippen LogP contribution >= 0.6 is 0 Å². The molecule has 64 valence electrons. The van der Waals surface area contributed by atoms with Crippen LogP contribution < -0.4 is 0 Å². The van der Waals surface area contributed by atoms with Crippen molar-refractivity contribution >= 4 is 0 Å². The van der Waals surface area contributed by atoms with Gasteiger partial charge in [-0.25, -0.2) is 0 Å². The summed E-state index contributed by atoms with van der Waals surface area (Å²) in [6.07, 6.45) is 4.30. The summed E-state index contributed by atoms with van der Waals surface area (Å²) in [5, 5.41) is 0. The standard InChI is InChI=1S/C12H16/c1-4-5-6-12-8-7-10(2)9-11(12)3/h6-9H,1,4-5H2,2-3H3. The number of hydrogen-bond acceptors (Lipinski definition) is 0. The van der Waals surface area contributed by atoms with E-state index in [0.717, 1.165) is 12.8 Å². The van der Waals surface area contributed by atoms with Gasteiger partial charge in [0.05, 0.1) is 0 Å². The zero-order valence-corrected chi connectivity index (χ0v) is 7.93. The van der Waals surface area contributed by atoms with Gasteiger partial charge in [0.25, 0.3) is 0 Å². The molecule has 0 amide bonds. The second kappa shape index (κ2) is 4.30. The molecule has 0 spiro atoms. The van der Waals surface area contributed by atoms with Crippen LogP contribution in [0.5, 0.6) is 0 Å². The smallest absolute Gasteiger partial charge is 0.00904 e. The van der Waals surface area contributed by atoms with Crippen molar-refractivity contribution in [3.8, 4) is 0 Å². The Labute approximate surface area is 75.6 Å². The van der Waals surface area contributed by atoms with Crippen LogP contribution in [0.3, 0.4) is 0 Å². The lowest BCUT2D eigenvalue weighted by Gasteiger charge is -2.04. The van der Waals surface area contributed by atoms with Crippen molar-refractivity contribution < 1.29 is 0 Å². The highest BCUT2D eigenvalue weighted by Crippen LogP contribution is 2.14. The monoisotopic (exact) mass is 160 g/mol. The van der Waals surface area contributed by atoms with Crippen molar-refractivity contribution in [2.75, 3.05) is 0 Å². The average Bonchev–Trinajstić information content (AvgIpc) is 2.03. The third-order valence-corrected chi connectivity index (χ3v) is 1.99. The van der Waals surface area contributed by atoms with Gasteiger partial charge in [-0.05, 0) is 37.8 Å². The first-order chi connectivity index (χ1) is 5.74. The van der Waals surface area contributed by atoms with E-state index in [-0.39, 0.29) is 0 Å². The minimum atomic E-state index is 0.979. The molecule has 1 aromatic carbocycles. The Morgan fingerprint density at radius 2 is 2.08 bits per heavy atom. The molecule has 0 atom stereocenters. The quantitative estimate of drug-likeness (QED) is 0.635. The molecule has 2 radical (unpaired) electrons. The predicted octanol–water partition coefficient (Wildman–Crippen LogP) is 3.47. The number of aryl methyl sites for hydroxylation is 2. The van der Waals surface area contributed by atoms with Crippen LogP contribution in [0.1, 0.15) is 29.5 Å². The van der Waals surface area contributed by atoms with Gasteiger partial charge >= 0.3 is 0 Å². The Bertz CT molecular complexity index is 248. The maximum atomic E-state index is 3.82. The van der Waals surface area contributed by atoms with Gasteiger partial charge in [0.2, 0.25) is 0 Å². The first-order valence-corrected chi connectivity index (χ1v) is 4.43. The second-order valence-electron chi connectivity index (χ2n) is 3.21. The van der Waals surface area contributed by atoms with Crippen LogP contribution in [-0.4, -0.2) is 0 Å². The lowest BCUT2D eigenvalue weighted by Crippen LogP contribution is -1.87. The number of rotatable bonds is 3. The Kier molecular flexibility index (Phi) is 3.33.